The summed E-state index contributed by atoms with van der Waals surface area (Å²) >= 11 is 1.70. The van der Waals surface area contributed by atoms with Crippen LogP contribution in [0.25, 0.3) is 16.5 Å². The van der Waals surface area contributed by atoms with Crippen molar-refractivity contribution in [1.82, 2.24) is 4.90 Å². The SMILES string of the molecule is COc1ccccc1N1CCN(C(=O)/C=C/c2ccc(-c3ccccc3)s2)CC1. The average Bonchev–Trinajstić information content (AvgIpc) is 3.27. The zero-order valence-electron chi connectivity index (χ0n) is 16.5. The summed E-state index contributed by atoms with van der Waals surface area (Å²) in [6.45, 7) is 3.02. The molecule has 5 heteroatoms. The molecule has 1 saturated heterocycles. The van der Waals surface area contributed by atoms with Crippen LogP contribution >= 0.6 is 11.3 Å². The van der Waals surface area contributed by atoms with Gasteiger partial charge in [-0.15, -0.1) is 11.3 Å². The Hall–Kier alpha value is -3.05. The number of anilines is 1. The first-order valence-electron chi connectivity index (χ1n) is 9.75. The van der Waals surface area contributed by atoms with E-state index in [1.807, 2.05) is 47.4 Å². The van der Waals surface area contributed by atoms with E-state index in [1.54, 1.807) is 24.5 Å². The Morgan fingerprint density at radius 2 is 1.66 bits per heavy atom. The summed E-state index contributed by atoms with van der Waals surface area (Å²) in [6, 6.07) is 22.5. The number of para-hydroxylation sites is 2. The van der Waals surface area contributed by atoms with Gasteiger partial charge in [0.15, 0.2) is 0 Å². The Balaban J connectivity index is 1.35. The number of amides is 1. The molecule has 1 aliphatic heterocycles. The fourth-order valence-electron chi connectivity index (χ4n) is 3.52. The van der Waals surface area contributed by atoms with E-state index >= 15 is 0 Å². The highest BCUT2D eigenvalue weighted by Gasteiger charge is 2.21. The highest BCUT2D eigenvalue weighted by molar-refractivity contribution is 7.16. The molecule has 1 fully saturated rings. The van der Waals surface area contributed by atoms with Gasteiger partial charge in [-0.25, -0.2) is 0 Å². The van der Waals surface area contributed by atoms with Gasteiger partial charge in [0.1, 0.15) is 5.75 Å². The second kappa shape index (κ2) is 8.97. The van der Waals surface area contributed by atoms with E-state index in [0.29, 0.717) is 13.1 Å². The van der Waals surface area contributed by atoms with E-state index in [9.17, 15) is 4.79 Å². The number of thiophene rings is 1. The van der Waals surface area contributed by atoms with Gasteiger partial charge in [0.25, 0.3) is 0 Å². The largest absolute Gasteiger partial charge is 0.495 e. The number of nitrogens with zero attached hydrogens (tertiary/aromatic N) is 2. The minimum absolute atomic E-state index is 0.0688. The van der Waals surface area contributed by atoms with Gasteiger partial charge >= 0.3 is 0 Å². The summed E-state index contributed by atoms with van der Waals surface area (Å²) in [7, 11) is 1.69. The lowest BCUT2D eigenvalue weighted by atomic mass is 10.2. The molecule has 0 saturated carbocycles. The first-order chi connectivity index (χ1) is 14.2. The number of piperazine rings is 1. The molecule has 1 aromatic heterocycles. The molecular formula is C24H24N2O2S. The monoisotopic (exact) mass is 404 g/mol. The summed E-state index contributed by atoms with van der Waals surface area (Å²) < 4.78 is 5.46. The third-order valence-electron chi connectivity index (χ3n) is 5.09. The molecule has 0 spiro atoms. The molecule has 4 nitrogen and oxygen atoms in total. The van der Waals surface area contributed by atoms with E-state index in [-0.39, 0.29) is 5.91 Å². The van der Waals surface area contributed by atoms with Crippen LogP contribution in [0.2, 0.25) is 0 Å². The second-order valence-electron chi connectivity index (χ2n) is 6.89. The molecule has 1 aliphatic rings. The Kier molecular flexibility index (Phi) is 5.96. The fraction of sp³-hybridized carbons (Fsp3) is 0.208. The minimum Gasteiger partial charge on any atom is -0.495 e. The van der Waals surface area contributed by atoms with E-state index in [4.69, 9.17) is 4.74 Å². The number of ether oxygens (including phenoxy) is 1. The normalized spacial score (nSPS) is 14.4. The fourth-order valence-corrected chi connectivity index (χ4v) is 4.43. The molecule has 0 unspecified atom stereocenters. The van der Waals surface area contributed by atoms with Crippen LogP contribution < -0.4 is 9.64 Å². The summed E-state index contributed by atoms with van der Waals surface area (Å²) in [6.07, 6.45) is 3.62. The standard InChI is InChI=1S/C24H24N2O2S/c1-28-22-10-6-5-9-21(22)25-15-17-26(18-16-25)24(27)14-12-20-11-13-23(29-20)19-7-3-2-4-8-19/h2-14H,15-18H2,1H3/b14-12+. The zero-order chi connectivity index (χ0) is 20.1. The number of carbonyl (C=O) groups excluding carboxylic acids is 1. The molecule has 2 heterocycles. The van der Waals surface area contributed by atoms with Crippen LogP contribution in [0.1, 0.15) is 4.88 Å². The van der Waals surface area contributed by atoms with Crippen molar-refractivity contribution in [2.24, 2.45) is 0 Å². The van der Waals surface area contributed by atoms with Crippen LogP contribution in [-0.2, 0) is 4.79 Å². The van der Waals surface area contributed by atoms with Gasteiger partial charge in [0.05, 0.1) is 12.8 Å². The van der Waals surface area contributed by atoms with Crippen LogP contribution in [0.3, 0.4) is 0 Å². The predicted molar refractivity (Wildman–Crippen MR) is 121 cm³/mol. The summed E-state index contributed by atoms with van der Waals surface area (Å²) in [5, 5.41) is 0. The van der Waals surface area contributed by atoms with Gasteiger partial charge < -0.3 is 14.5 Å². The maximum Gasteiger partial charge on any atom is 0.246 e. The minimum atomic E-state index is 0.0688. The van der Waals surface area contributed by atoms with Crippen LogP contribution in [0.5, 0.6) is 5.75 Å². The molecule has 1 amide bonds. The number of hydrogen-bond donors (Lipinski definition) is 0. The summed E-state index contributed by atoms with van der Waals surface area (Å²) in [5.74, 6) is 0.943. The van der Waals surface area contributed by atoms with E-state index in [2.05, 4.69) is 35.2 Å². The Morgan fingerprint density at radius 1 is 0.931 bits per heavy atom. The molecule has 0 radical (unpaired) electrons. The van der Waals surface area contributed by atoms with Gasteiger partial charge in [-0.3, -0.25) is 4.79 Å². The van der Waals surface area contributed by atoms with Crippen LogP contribution in [-0.4, -0.2) is 44.1 Å². The van der Waals surface area contributed by atoms with Crippen LogP contribution in [0.15, 0.2) is 72.8 Å². The van der Waals surface area contributed by atoms with Crippen molar-refractivity contribution in [3.05, 3.63) is 77.7 Å². The van der Waals surface area contributed by atoms with Crippen molar-refractivity contribution in [3.8, 4) is 16.2 Å². The highest BCUT2D eigenvalue weighted by Crippen LogP contribution is 2.29. The van der Waals surface area contributed by atoms with Gasteiger partial charge in [0.2, 0.25) is 5.91 Å². The predicted octanol–water partition coefficient (Wildman–Crippen LogP) is 4.79. The Morgan fingerprint density at radius 3 is 2.41 bits per heavy atom. The number of carbonyl (C=O) groups is 1. The topological polar surface area (TPSA) is 32.8 Å². The quantitative estimate of drug-likeness (QED) is 0.574. The van der Waals surface area contributed by atoms with Crippen molar-refractivity contribution >= 4 is 29.0 Å². The number of methoxy groups -OCH3 is 1. The third kappa shape index (κ3) is 4.51. The van der Waals surface area contributed by atoms with Gasteiger partial charge in [-0.2, -0.15) is 0 Å². The first kappa shape index (κ1) is 19.3. The maximum absolute atomic E-state index is 12.6. The van der Waals surface area contributed by atoms with Crippen molar-refractivity contribution in [2.75, 3.05) is 38.2 Å². The van der Waals surface area contributed by atoms with Crippen molar-refractivity contribution in [3.63, 3.8) is 0 Å². The molecule has 29 heavy (non-hydrogen) atoms. The maximum atomic E-state index is 12.6. The molecule has 0 aliphatic carbocycles. The van der Waals surface area contributed by atoms with Gasteiger partial charge in [-0.1, -0.05) is 42.5 Å². The molecule has 148 valence electrons. The van der Waals surface area contributed by atoms with Crippen LogP contribution in [0.4, 0.5) is 5.69 Å². The lowest BCUT2D eigenvalue weighted by Gasteiger charge is -2.36. The summed E-state index contributed by atoms with van der Waals surface area (Å²) in [4.78, 5) is 19.1. The average molecular weight is 405 g/mol. The Bertz CT molecular complexity index is 989. The first-order valence-corrected chi connectivity index (χ1v) is 10.6. The molecular weight excluding hydrogens is 380 g/mol. The van der Waals surface area contributed by atoms with Gasteiger partial charge in [0, 0.05) is 42.0 Å². The molecule has 0 bridgehead atoms. The molecule has 2 aromatic carbocycles. The van der Waals surface area contributed by atoms with Gasteiger partial charge in [-0.05, 0) is 35.9 Å². The number of benzene rings is 2. The molecule has 0 atom stereocenters. The smallest absolute Gasteiger partial charge is 0.246 e. The third-order valence-corrected chi connectivity index (χ3v) is 6.19. The van der Waals surface area contributed by atoms with E-state index < -0.39 is 0 Å². The molecule has 4 rings (SSSR count). The molecule has 3 aromatic rings. The lowest BCUT2D eigenvalue weighted by molar-refractivity contribution is -0.126. The lowest BCUT2D eigenvalue weighted by Crippen LogP contribution is -2.48. The van der Waals surface area contributed by atoms with Crippen LogP contribution in [0, 0.1) is 0 Å². The number of hydrogen-bond acceptors (Lipinski definition) is 4. The van der Waals surface area contributed by atoms with Crippen molar-refractivity contribution in [2.45, 2.75) is 0 Å². The second-order valence-corrected chi connectivity index (χ2v) is 8.00. The highest BCUT2D eigenvalue weighted by atomic mass is 32.1. The van der Waals surface area contributed by atoms with E-state index in [1.165, 1.54) is 10.4 Å². The Labute approximate surface area is 175 Å². The van der Waals surface area contributed by atoms with E-state index in [0.717, 1.165) is 29.4 Å². The van der Waals surface area contributed by atoms with Crippen molar-refractivity contribution in [1.29, 1.82) is 0 Å². The zero-order valence-corrected chi connectivity index (χ0v) is 17.3. The summed E-state index contributed by atoms with van der Waals surface area (Å²) in [5.41, 5.74) is 2.29. The van der Waals surface area contributed by atoms with Crippen molar-refractivity contribution < 1.29 is 9.53 Å². The number of rotatable bonds is 5. The molecule has 0 N–H and O–H groups in total.